The Morgan fingerprint density at radius 2 is 2.00 bits per heavy atom. The Morgan fingerprint density at radius 3 is 2.61 bits per heavy atom. The normalized spacial score (nSPS) is 12.0. The van der Waals surface area contributed by atoms with Crippen molar-refractivity contribution in [3.05, 3.63) is 29.8 Å². The molecule has 0 spiro atoms. The zero-order chi connectivity index (χ0) is 13.6. The molecule has 0 fully saturated rings. The molecule has 0 saturated heterocycles. The molecule has 0 atom stereocenters. The van der Waals surface area contributed by atoms with Gasteiger partial charge in [0.25, 0.3) is 0 Å². The summed E-state index contributed by atoms with van der Waals surface area (Å²) in [5.41, 5.74) is 0.768. The smallest absolute Gasteiger partial charge is 0.243 e. The molecule has 0 unspecified atom stereocenters. The van der Waals surface area contributed by atoms with E-state index >= 15 is 0 Å². The second-order valence-corrected chi connectivity index (χ2v) is 5.97. The second kappa shape index (κ2) is 6.84. The molecule has 6 heteroatoms. The topological polar surface area (TPSA) is 58.6 Å². The lowest BCUT2D eigenvalue weighted by atomic mass is 10.2. The van der Waals surface area contributed by atoms with Crippen molar-refractivity contribution >= 4 is 10.0 Å². The number of nitrogens with one attached hydrogen (secondary N) is 1. The number of benzene rings is 1. The van der Waals surface area contributed by atoms with Gasteiger partial charge in [-0.15, -0.1) is 0 Å². The van der Waals surface area contributed by atoms with Crippen LogP contribution in [0, 0.1) is 0 Å². The first-order valence-corrected chi connectivity index (χ1v) is 7.15. The zero-order valence-electron chi connectivity index (χ0n) is 11.0. The third kappa shape index (κ3) is 3.52. The molecule has 0 heterocycles. The molecule has 1 N–H and O–H groups in total. The van der Waals surface area contributed by atoms with Crippen LogP contribution >= 0.6 is 0 Å². The van der Waals surface area contributed by atoms with Gasteiger partial charge in [-0.05, 0) is 18.7 Å². The standard InChI is InChI=1S/C12H20N2O3S/c1-13-10-11-6-4-5-7-12(11)18(15,16)14(2)8-9-17-3/h4-7,13H,8-10H2,1-3H3. The van der Waals surface area contributed by atoms with E-state index in [1.54, 1.807) is 33.3 Å². The van der Waals surface area contributed by atoms with Crippen molar-refractivity contribution in [3.63, 3.8) is 0 Å². The highest BCUT2D eigenvalue weighted by atomic mass is 32.2. The molecule has 0 aliphatic carbocycles. The molecule has 0 bridgehead atoms. The molecule has 0 radical (unpaired) electrons. The van der Waals surface area contributed by atoms with Crippen LogP contribution in [-0.2, 0) is 21.3 Å². The van der Waals surface area contributed by atoms with E-state index in [1.165, 1.54) is 4.31 Å². The number of nitrogens with zero attached hydrogens (tertiary/aromatic N) is 1. The summed E-state index contributed by atoms with van der Waals surface area (Å²) in [6, 6.07) is 7.01. The van der Waals surface area contributed by atoms with Gasteiger partial charge in [0.05, 0.1) is 11.5 Å². The highest BCUT2D eigenvalue weighted by Crippen LogP contribution is 2.18. The SMILES string of the molecule is CNCc1ccccc1S(=O)(=O)N(C)CCOC. The molecular weight excluding hydrogens is 252 g/mol. The Kier molecular flexibility index (Phi) is 5.74. The lowest BCUT2D eigenvalue weighted by Gasteiger charge is -2.18. The van der Waals surface area contributed by atoms with Gasteiger partial charge in [0.1, 0.15) is 0 Å². The minimum atomic E-state index is -3.45. The summed E-state index contributed by atoms with van der Waals surface area (Å²) in [7, 11) is 1.45. The van der Waals surface area contributed by atoms with Crippen LogP contribution in [0.2, 0.25) is 0 Å². The van der Waals surface area contributed by atoms with E-state index in [4.69, 9.17) is 4.74 Å². The summed E-state index contributed by atoms with van der Waals surface area (Å²) < 4.78 is 31.0. The average molecular weight is 272 g/mol. The fraction of sp³-hybridized carbons (Fsp3) is 0.500. The Morgan fingerprint density at radius 1 is 1.33 bits per heavy atom. The molecule has 0 aliphatic rings. The summed E-state index contributed by atoms with van der Waals surface area (Å²) in [6.45, 7) is 1.24. The maximum Gasteiger partial charge on any atom is 0.243 e. The fourth-order valence-electron chi connectivity index (χ4n) is 1.60. The first-order valence-electron chi connectivity index (χ1n) is 5.71. The molecule has 18 heavy (non-hydrogen) atoms. The van der Waals surface area contributed by atoms with Gasteiger partial charge < -0.3 is 10.1 Å². The van der Waals surface area contributed by atoms with Crippen LogP contribution in [0.15, 0.2) is 29.2 Å². The van der Waals surface area contributed by atoms with Crippen LogP contribution in [0.3, 0.4) is 0 Å². The summed E-state index contributed by atoms with van der Waals surface area (Å²) in [6.07, 6.45) is 0. The predicted octanol–water partition coefficient (Wildman–Crippen LogP) is 0.673. The molecule has 1 aromatic carbocycles. The maximum atomic E-state index is 12.4. The fourth-order valence-corrected chi connectivity index (χ4v) is 2.97. The first kappa shape index (κ1) is 15.1. The van der Waals surface area contributed by atoms with Crippen molar-refractivity contribution in [3.8, 4) is 0 Å². The number of sulfonamides is 1. The maximum absolute atomic E-state index is 12.4. The largest absolute Gasteiger partial charge is 0.383 e. The quantitative estimate of drug-likeness (QED) is 0.793. The lowest BCUT2D eigenvalue weighted by Crippen LogP contribution is -2.31. The monoisotopic (exact) mass is 272 g/mol. The van der Waals surface area contributed by atoms with Crippen molar-refractivity contribution < 1.29 is 13.2 Å². The summed E-state index contributed by atoms with van der Waals surface area (Å²) in [4.78, 5) is 0.345. The van der Waals surface area contributed by atoms with E-state index in [0.717, 1.165) is 5.56 Å². The Labute approximate surface area is 109 Å². The van der Waals surface area contributed by atoms with E-state index in [-0.39, 0.29) is 0 Å². The summed E-state index contributed by atoms with van der Waals surface area (Å²) >= 11 is 0. The van der Waals surface area contributed by atoms with E-state index in [1.807, 2.05) is 12.1 Å². The minimum absolute atomic E-state index is 0.340. The van der Waals surface area contributed by atoms with E-state index in [2.05, 4.69) is 5.32 Å². The number of rotatable bonds is 7. The van der Waals surface area contributed by atoms with Crippen LogP contribution in [0.4, 0.5) is 0 Å². The third-order valence-corrected chi connectivity index (χ3v) is 4.60. The van der Waals surface area contributed by atoms with Crippen molar-refractivity contribution in [2.45, 2.75) is 11.4 Å². The van der Waals surface area contributed by atoms with Gasteiger partial charge in [-0.3, -0.25) is 0 Å². The van der Waals surface area contributed by atoms with Gasteiger partial charge in [-0.1, -0.05) is 18.2 Å². The van der Waals surface area contributed by atoms with Crippen LogP contribution in [0.25, 0.3) is 0 Å². The molecule has 1 aromatic rings. The molecule has 102 valence electrons. The number of hydrogen-bond acceptors (Lipinski definition) is 4. The van der Waals surface area contributed by atoms with Crippen LogP contribution in [-0.4, -0.2) is 47.1 Å². The van der Waals surface area contributed by atoms with Gasteiger partial charge in [-0.2, -0.15) is 4.31 Å². The van der Waals surface area contributed by atoms with Crippen molar-refractivity contribution in [1.29, 1.82) is 0 Å². The molecular formula is C12H20N2O3S. The molecule has 1 rings (SSSR count). The molecule has 0 saturated carbocycles. The molecule has 0 aromatic heterocycles. The minimum Gasteiger partial charge on any atom is -0.383 e. The average Bonchev–Trinajstić information content (AvgIpc) is 2.36. The predicted molar refractivity (Wildman–Crippen MR) is 70.9 cm³/mol. The molecule has 5 nitrogen and oxygen atoms in total. The van der Waals surface area contributed by atoms with Gasteiger partial charge in [-0.25, -0.2) is 8.42 Å². The number of methoxy groups -OCH3 is 1. The highest BCUT2D eigenvalue weighted by Gasteiger charge is 2.22. The van der Waals surface area contributed by atoms with Gasteiger partial charge in [0, 0.05) is 27.2 Å². The Hall–Kier alpha value is -0.950. The van der Waals surface area contributed by atoms with E-state index < -0.39 is 10.0 Å². The van der Waals surface area contributed by atoms with E-state index in [0.29, 0.717) is 24.6 Å². The highest BCUT2D eigenvalue weighted by molar-refractivity contribution is 7.89. The molecule has 0 amide bonds. The molecule has 0 aliphatic heterocycles. The van der Waals surface area contributed by atoms with Gasteiger partial charge >= 0.3 is 0 Å². The van der Waals surface area contributed by atoms with Crippen molar-refractivity contribution in [2.75, 3.05) is 34.4 Å². The zero-order valence-corrected chi connectivity index (χ0v) is 11.8. The number of hydrogen-bond donors (Lipinski definition) is 1. The lowest BCUT2D eigenvalue weighted by molar-refractivity contribution is 0.185. The third-order valence-electron chi connectivity index (χ3n) is 2.64. The van der Waals surface area contributed by atoms with Crippen LogP contribution < -0.4 is 5.32 Å². The van der Waals surface area contributed by atoms with Crippen molar-refractivity contribution in [2.24, 2.45) is 0 Å². The Balaban J connectivity index is 3.04. The van der Waals surface area contributed by atoms with Gasteiger partial charge in [0.15, 0.2) is 0 Å². The van der Waals surface area contributed by atoms with E-state index in [9.17, 15) is 8.42 Å². The van der Waals surface area contributed by atoms with Crippen molar-refractivity contribution in [1.82, 2.24) is 9.62 Å². The second-order valence-electron chi connectivity index (χ2n) is 3.96. The number of ether oxygens (including phenoxy) is 1. The first-order chi connectivity index (χ1) is 8.54. The summed E-state index contributed by atoms with van der Waals surface area (Å²) in [5, 5.41) is 2.97. The Bertz CT molecular complexity index is 474. The van der Waals surface area contributed by atoms with Gasteiger partial charge in [0.2, 0.25) is 10.0 Å². The van der Waals surface area contributed by atoms with Crippen LogP contribution in [0.1, 0.15) is 5.56 Å². The number of likely N-dealkylation sites (N-methyl/N-ethyl adjacent to an activating group) is 1. The van der Waals surface area contributed by atoms with Crippen LogP contribution in [0.5, 0.6) is 0 Å². The summed E-state index contributed by atoms with van der Waals surface area (Å²) in [5.74, 6) is 0.